The van der Waals surface area contributed by atoms with Crippen molar-refractivity contribution in [1.29, 1.82) is 0 Å². The molecule has 1 aliphatic carbocycles. The number of rotatable bonds is 3. The highest BCUT2D eigenvalue weighted by molar-refractivity contribution is 7.99. The molecule has 0 amide bonds. The van der Waals surface area contributed by atoms with Crippen molar-refractivity contribution in [2.24, 2.45) is 0 Å². The fourth-order valence-corrected chi connectivity index (χ4v) is 3.30. The van der Waals surface area contributed by atoms with E-state index in [0.29, 0.717) is 0 Å². The van der Waals surface area contributed by atoms with Crippen LogP contribution in [0.4, 0.5) is 0 Å². The highest BCUT2D eigenvalue weighted by Gasteiger charge is 2.20. The fourth-order valence-electron chi connectivity index (χ4n) is 2.43. The first-order valence-electron chi connectivity index (χ1n) is 5.84. The maximum atomic E-state index is 8.95. The number of aliphatic hydroxyl groups is 1. The zero-order valence-corrected chi connectivity index (χ0v) is 10.3. The predicted octanol–water partition coefficient (Wildman–Crippen LogP) is 3.34. The highest BCUT2D eigenvalue weighted by Crippen LogP contribution is 2.42. The summed E-state index contributed by atoms with van der Waals surface area (Å²) in [7, 11) is 0. The molecule has 0 saturated carbocycles. The van der Waals surface area contributed by atoms with Crippen LogP contribution in [-0.2, 0) is 6.42 Å². The van der Waals surface area contributed by atoms with Gasteiger partial charge in [0.15, 0.2) is 0 Å². The van der Waals surface area contributed by atoms with Crippen LogP contribution in [0.15, 0.2) is 47.4 Å². The minimum atomic E-state index is 0.232. The Morgan fingerprint density at radius 2 is 1.82 bits per heavy atom. The van der Waals surface area contributed by atoms with Crippen molar-refractivity contribution in [2.75, 3.05) is 12.4 Å². The quantitative estimate of drug-likeness (QED) is 0.711. The van der Waals surface area contributed by atoms with E-state index >= 15 is 0 Å². The highest BCUT2D eigenvalue weighted by atomic mass is 32.2. The smallest absolute Gasteiger partial charge is 0.0525 e. The lowest BCUT2D eigenvalue weighted by Crippen LogP contribution is -1.88. The van der Waals surface area contributed by atoms with Crippen molar-refractivity contribution in [2.45, 2.75) is 11.3 Å². The van der Waals surface area contributed by atoms with Gasteiger partial charge >= 0.3 is 0 Å². The van der Waals surface area contributed by atoms with Gasteiger partial charge in [-0.2, -0.15) is 0 Å². The number of hydrogen-bond acceptors (Lipinski definition) is 2. The monoisotopic (exact) mass is 242 g/mol. The molecule has 2 aromatic rings. The largest absolute Gasteiger partial charge is 0.396 e. The summed E-state index contributed by atoms with van der Waals surface area (Å²) in [5.41, 5.74) is 5.57. The van der Waals surface area contributed by atoms with Crippen LogP contribution in [-0.4, -0.2) is 17.5 Å². The van der Waals surface area contributed by atoms with Gasteiger partial charge < -0.3 is 5.11 Å². The average molecular weight is 242 g/mol. The molecule has 1 N–H and O–H groups in total. The predicted molar refractivity (Wildman–Crippen MR) is 72.5 cm³/mol. The lowest BCUT2D eigenvalue weighted by atomic mass is 10.1. The van der Waals surface area contributed by atoms with Gasteiger partial charge in [-0.1, -0.05) is 36.4 Å². The van der Waals surface area contributed by atoms with Crippen LogP contribution in [0.25, 0.3) is 11.1 Å². The minimum absolute atomic E-state index is 0.232. The first-order chi connectivity index (χ1) is 8.40. The van der Waals surface area contributed by atoms with Crippen molar-refractivity contribution in [3.05, 3.63) is 53.6 Å². The van der Waals surface area contributed by atoms with Crippen LogP contribution in [0.3, 0.4) is 0 Å². The van der Waals surface area contributed by atoms with Gasteiger partial charge in [0.25, 0.3) is 0 Å². The standard InChI is InChI=1S/C15H14OS/c16-8-9-17-14-7-3-5-12-10-11-4-1-2-6-13(11)15(12)14/h1-7,16H,8-10H2. The number of hydrogen-bond donors (Lipinski definition) is 1. The molecule has 0 bridgehead atoms. The minimum Gasteiger partial charge on any atom is -0.396 e. The van der Waals surface area contributed by atoms with Gasteiger partial charge in [-0.05, 0) is 34.7 Å². The molecule has 0 heterocycles. The molecule has 2 aromatic carbocycles. The summed E-state index contributed by atoms with van der Waals surface area (Å²) in [6.07, 6.45) is 1.04. The second kappa shape index (κ2) is 4.55. The summed E-state index contributed by atoms with van der Waals surface area (Å²) in [6, 6.07) is 15.1. The number of benzene rings is 2. The van der Waals surface area contributed by atoms with Gasteiger partial charge in [0.2, 0.25) is 0 Å². The van der Waals surface area contributed by atoms with Crippen LogP contribution in [0.2, 0.25) is 0 Å². The number of aliphatic hydroxyl groups excluding tert-OH is 1. The fraction of sp³-hybridized carbons (Fsp3) is 0.200. The van der Waals surface area contributed by atoms with E-state index in [0.717, 1.165) is 12.2 Å². The van der Waals surface area contributed by atoms with Gasteiger partial charge in [-0.15, -0.1) is 11.8 Å². The Morgan fingerprint density at radius 3 is 2.71 bits per heavy atom. The van der Waals surface area contributed by atoms with E-state index in [4.69, 9.17) is 5.11 Å². The molecular formula is C15H14OS. The van der Waals surface area contributed by atoms with Crippen molar-refractivity contribution in [3.63, 3.8) is 0 Å². The molecule has 0 saturated heterocycles. The molecule has 86 valence electrons. The summed E-state index contributed by atoms with van der Waals surface area (Å²) in [5, 5.41) is 8.95. The Bertz CT molecular complexity index is 548. The zero-order chi connectivity index (χ0) is 11.7. The van der Waals surface area contributed by atoms with Gasteiger partial charge in [-0.25, -0.2) is 0 Å². The third-order valence-electron chi connectivity index (χ3n) is 3.13. The lowest BCUT2D eigenvalue weighted by molar-refractivity contribution is 0.322. The Kier molecular flexibility index (Phi) is 2.91. The molecule has 1 aliphatic rings. The Labute approximate surface area is 105 Å². The van der Waals surface area contributed by atoms with Gasteiger partial charge in [0, 0.05) is 10.6 Å². The molecule has 0 atom stereocenters. The van der Waals surface area contributed by atoms with E-state index in [1.54, 1.807) is 11.8 Å². The average Bonchev–Trinajstić information content (AvgIpc) is 2.75. The van der Waals surface area contributed by atoms with Crippen molar-refractivity contribution < 1.29 is 5.11 Å². The Balaban J connectivity index is 2.09. The van der Waals surface area contributed by atoms with Crippen LogP contribution < -0.4 is 0 Å². The molecule has 0 unspecified atom stereocenters. The zero-order valence-electron chi connectivity index (χ0n) is 9.52. The van der Waals surface area contributed by atoms with Crippen LogP contribution >= 0.6 is 11.8 Å². The summed E-state index contributed by atoms with van der Waals surface area (Å²) < 4.78 is 0. The first kappa shape index (κ1) is 10.9. The summed E-state index contributed by atoms with van der Waals surface area (Å²) >= 11 is 1.74. The van der Waals surface area contributed by atoms with Crippen LogP contribution in [0.5, 0.6) is 0 Å². The lowest BCUT2D eigenvalue weighted by Gasteiger charge is -2.08. The maximum absolute atomic E-state index is 8.95. The summed E-state index contributed by atoms with van der Waals surface area (Å²) in [4.78, 5) is 1.29. The van der Waals surface area contributed by atoms with E-state index in [1.807, 2.05) is 0 Å². The molecule has 0 aromatic heterocycles. The van der Waals surface area contributed by atoms with Crippen LogP contribution in [0.1, 0.15) is 11.1 Å². The van der Waals surface area contributed by atoms with Gasteiger partial charge in [0.1, 0.15) is 0 Å². The van der Waals surface area contributed by atoms with Gasteiger partial charge in [0.05, 0.1) is 6.61 Å². The molecule has 0 spiro atoms. The van der Waals surface area contributed by atoms with Crippen molar-refractivity contribution in [1.82, 2.24) is 0 Å². The summed E-state index contributed by atoms with van der Waals surface area (Å²) in [5.74, 6) is 0.763. The van der Waals surface area contributed by atoms with E-state index in [2.05, 4.69) is 42.5 Å². The van der Waals surface area contributed by atoms with Crippen LogP contribution in [0, 0.1) is 0 Å². The van der Waals surface area contributed by atoms with Crippen molar-refractivity contribution in [3.8, 4) is 11.1 Å². The Hall–Kier alpha value is -1.25. The normalized spacial score (nSPS) is 12.3. The second-order valence-corrected chi connectivity index (χ2v) is 5.33. The van der Waals surface area contributed by atoms with E-state index in [-0.39, 0.29) is 6.61 Å². The molecule has 0 fully saturated rings. The maximum Gasteiger partial charge on any atom is 0.0525 e. The van der Waals surface area contributed by atoms with Crippen molar-refractivity contribution >= 4 is 11.8 Å². The Morgan fingerprint density at radius 1 is 1.00 bits per heavy atom. The molecule has 1 nitrogen and oxygen atoms in total. The molecule has 0 aliphatic heterocycles. The molecular weight excluding hydrogens is 228 g/mol. The number of thioether (sulfide) groups is 1. The first-order valence-corrected chi connectivity index (χ1v) is 6.82. The van der Waals surface area contributed by atoms with E-state index in [1.165, 1.54) is 27.1 Å². The SMILES string of the molecule is OCCSc1cccc2c1-c1ccccc1C2. The summed E-state index contributed by atoms with van der Waals surface area (Å²) in [6.45, 7) is 0.232. The number of fused-ring (bicyclic) bond motifs is 3. The third-order valence-corrected chi connectivity index (χ3v) is 4.17. The van der Waals surface area contributed by atoms with Gasteiger partial charge in [-0.3, -0.25) is 0 Å². The van der Waals surface area contributed by atoms with E-state index in [9.17, 15) is 0 Å². The third kappa shape index (κ3) is 1.88. The molecule has 0 radical (unpaired) electrons. The molecule has 17 heavy (non-hydrogen) atoms. The topological polar surface area (TPSA) is 20.2 Å². The second-order valence-electron chi connectivity index (χ2n) is 4.20. The molecule has 2 heteroatoms. The van der Waals surface area contributed by atoms with E-state index < -0.39 is 0 Å². The molecule has 3 rings (SSSR count).